The van der Waals surface area contributed by atoms with Crippen LogP contribution in [-0.4, -0.2) is 37.1 Å². The van der Waals surface area contributed by atoms with Gasteiger partial charge in [-0.15, -0.1) is 0 Å². The number of carbonyl (C=O) groups excluding carboxylic acids is 1. The normalized spacial score (nSPS) is 16.1. The summed E-state index contributed by atoms with van der Waals surface area (Å²) in [6, 6.07) is 2.60. The summed E-state index contributed by atoms with van der Waals surface area (Å²) >= 11 is 0. The van der Waals surface area contributed by atoms with Crippen LogP contribution in [0.4, 0.5) is 14.9 Å². The van der Waals surface area contributed by atoms with Crippen LogP contribution >= 0.6 is 0 Å². The Morgan fingerprint density at radius 3 is 2.85 bits per heavy atom. The van der Waals surface area contributed by atoms with Crippen LogP contribution < -0.4 is 5.32 Å². The van der Waals surface area contributed by atoms with Crippen LogP contribution in [0.5, 0.6) is 0 Å². The zero-order valence-electron chi connectivity index (χ0n) is 14.8. The van der Waals surface area contributed by atoms with E-state index in [-0.39, 0.29) is 24.0 Å². The summed E-state index contributed by atoms with van der Waals surface area (Å²) in [5.74, 6) is 0.604. The number of aryl methyl sites for hydroxylation is 1. The van der Waals surface area contributed by atoms with Crippen molar-refractivity contribution >= 4 is 11.7 Å². The topological polar surface area (TPSA) is 97.0 Å². The molecule has 0 aromatic carbocycles. The van der Waals surface area contributed by atoms with E-state index < -0.39 is 11.8 Å². The molecule has 0 bridgehead atoms. The van der Waals surface area contributed by atoms with Crippen LogP contribution in [0.1, 0.15) is 23.9 Å². The third-order valence-electron chi connectivity index (χ3n) is 4.55. The number of amides is 2. The number of rotatable bonds is 2. The third-order valence-corrected chi connectivity index (χ3v) is 4.55. The maximum atomic E-state index is 14.2. The summed E-state index contributed by atoms with van der Waals surface area (Å²) in [5, 5.41) is 6.70. The van der Waals surface area contributed by atoms with Gasteiger partial charge < -0.3 is 14.7 Å². The van der Waals surface area contributed by atoms with Crippen molar-refractivity contribution in [2.45, 2.75) is 32.9 Å². The highest BCUT2D eigenvalue weighted by atomic mass is 19.1. The first-order valence-electron chi connectivity index (χ1n) is 8.48. The summed E-state index contributed by atoms with van der Waals surface area (Å²) in [6.45, 7) is 3.72. The highest BCUT2D eigenvalue weighted by Gasteiger charge is 2.33. The lowest BCUT2D eigenvalue weighted by Crippen LogP contribution is -2.44. The molecule has 0 saturated heterocycles. The Hall–Kier alpha value is -3.36. The summed E-state index contributed by atoms with van der Waals surface area (Å²) in [4.78, 5) is 26.6. The molecule has 8 nitrogen and oxygen atoms in total. The smallest absolute Gasteiger partial charge is 0.322 e. The van der Waals surface area contributed by atoms with E-state index in [9.17, 15) is 9.18 Å². The summed E-state index contributed by atoms with van der Waals surface area (Å²) in [7, 11) is 0. The number of fused-ring (bicyclic) bond motifs is 1. The quantitative estimate of drug-likeness (QED) is 0.747. The van der Waals surface area contributed by atoms with Crippen LogP contribution in [0, 0.1) is 12.7 Å². The molecule has 0 fully saturated rings. The van der Waals surface area contributed by atoms with Gasteiger partial charge in [-0.1, -0.05) is 5.16 Å². The number of hydrogen-bond donors (Lipinski definition) is 1. The van der Waals surface area contributed by atoms with Crippen molar-refractivity contribution < 1.29 is 13.7 Å². The number of anilines is 1. The minimum Gasteiger partial charge on any atom is -0.360 e. The van der Waals surface area contributed by atoms with Gasteiger partial charge in [0, 0.05) is 36.6 Å². The van der Waals surface area contributed by atoms with Crippen LogP contribution in [0.25, 0.3) is 11.5 Å². The fourth-order valence-corrected chi connectivity index (χ4v) is 3.07. The molecule has 0 spiro atoms. The second-order valence-corrected chi connectivity index (χ2v) is 6.37. The van der Waals surface area contributed by atoms with Crippen molar-refractivity contribution in [1.82, 2.24) is 25.0 Å². The maximum absolute atomic E-state index is 14.2. The largest absolute Gasteiger partial charge is 0.360 e. The van der Waals surface area contributed by atoms with Gasteiger partial charge in [0.05, 0.1) is 17.9 Å². The predicted molar refractivity (Wildman–Crippen MR) is 94.2 cm³/mol. The molecular weight excluding hydrogens is 351 g/mol. The Balaban J connectivity index is 1.60. The molecule has 138 valence electrons. The maximum Gasteiger partial charge on any atom is 0.322 e. The van der Waals surface area contributed by atoms with Crippen LogP contribution in [0.15, 0.2) is 35.2 Å². The molecule has 2 amide bonds. The van der Waals surface area contributed by atoms with Crippen LogP contribution in [0.3, 0.4) is 0 Å². The predicted octanol–water partition coefficient (Wildman–Crippen LogP) is 2.95. The van der Waals surface area contributed by atoms with E-state index in [1.54, 1.807) is 30.3 Å². The number of nitrogens with zero attached hydrogens (tertiary/aromatic N) is 5. The first-order valence-corrected chi connectivity index (χ1v) is 8.48. The highest BCUT2D eigenvalue weighted by molar-refractivity contribution is 5.90. The Kier molecular flexibility index (Phi) is 4.27. The Morgan fingerprint density at radius 1 is 1.30 bits per heavy atom. The second-order valence-electron chi connectivity index (χ2n) is 6.37. The average molecular weight is 368 g/mol. The van der Waals surface area contributed by atoms with Gasteiger partial charge >= 0.3 is 6.03 Å². The molecule has 1 atom stereocenters. The van der Waals surface area contributed by atoms with E-state index in [1.165, 1.54) is 12.3 Å². The highest BCUT2D eigenvalue weighted by Crippen LogP contribution is 2.31. The molecule has 3 aromatic heterocycles. The van der Waals surface area contributed by atoms with E-state index in [0.29, 0.717) is 23.7 Å². The fourth-order valence-electron chi connectivity index (χ4n) is 3.07. The van der Waals surface area contributed by atoms with Gasteiger partial charge in [0.2, 0.25) is 0 Å². The molecule has 0 aliphatic carbocycles. The van der Waals surface area contributed by atoms with Gasteiger partial charge in [-0.2, -0.15) is 0 Å². The molecule has 27 heavy (non-hydrogen) atoms. The lowest BCUT2D eigenvalue weighted by molar-refractivity contribution is 0.176. The molecule has 1 aliphatic heterocycles. The lowest BCUT2D eigenvalue weighted by atomic mass is 10.0. The SMILES string of the molecule is Cc1nccc(NC(=O)N2Cc3c(-c4ncccn4)noc3C[C@@H]2C)c1F. The van der Waals surface area contributed by atoms with Crippen molar-refractivity contribution in [2.24, 2.45) is 0 Å². The van der Waals surface area contributed by atoms with Gasteiger partial charge in [-0.25, -0.2) is 19.2 Å². The van der Waals surface area contributed by atoms with E-state index in [4.69, 9.17) is 4.52 Å². The number of nitrogens with one attached hydrogen (secondary N) is 1. The van der Waals surface area contributed by atoms with E-state index >= 15 is 0 Å². The Morgan fingerprint density at radius 2 is 2.07 bits per heavy atom. The molecule has 9 heteroatoms. The molecule has 1 N–H and O–H groups in total. The van der Waals surface area contributed by atoms with Gasteiger partial charge in [-0.3, -0.25) is 4.98 Å². The zero-order valence-corrected chi connectivity index (χ0v) is 14.8. The first kappa shape index (κ1) is 17.1. The molecule has 3 aromatic rings. The number of aromatic nitrogens is 4. The summed E-state index contributed by atoms with van der Waals surface area (Å²) < 4.78 is 19.6. The standard InChI is InChI=1S/C18H17FN6O2/c1-10-8-14-12(16(24-27-14)17-21-5-3-6-22-17)9-25(10)18(26)23-13-4-7-20-11(2)15(13)19/h3-7,10H,8-9H2,1-2H3,(H,20,23,26)/t10-/m0/s1. The minimum atomic E-state index is -0.542. The van der Waals surface area contributed by atoms with Crippen molar-refractivity contribution in [1.29, 1.82) is 0 Å². The van der Waals surface area contributed by atoms with Crippen LogP contribution in [-0.2, 0) is 13.0 Å². The molecular formula is C18H17FN6O2. The van der Waals surface area contributed by atoms with E-state index in [1.807, 2.05) is 6.92 Å². The molecule has 0 radical (unpaired) electrons. The fraction of sp³-hybridized carbons (Fsp3) is 0.278. The number of hydrogen-bond acceptors (Lipinski definition) is 6. The van der Waals surface area contributed by atoms with Gasteiger partial charge in [0.1, 0.15) is 5.76 Å². The van der Waals surface area contributed by atoms with Crippen LogP contribution in [0.2, 0.25) is 0 Å². The summed E-state index contributed by atoms with van der Waals surface area (Å²) in [6.07, 6.45) is 5.19. The Labute approximate surface area is 154 Å². The van der Waals surface area contributed by atoms with Crippen molar-refractivity contribution in [3.8, 4) is 11.5 Å². The van der Waals surface area contributed by atoms with Crippen molar-refractivity contribution in [3.63, 3.8) is 0 Å². The van der Waals surface area contributed by atoms with Gasteiger partial charge in [0.25, 0.3) is 0 Å². The molecule has 0 saturated carbocycles. The molecule has 4 heterocycles. The van der Waals surface area contributed by atoms with Crippen molar-refractivity contribution in [3.05, 3.63) is 53.6 Å². The molecule has 4 rings (SSSR count). The molecule has 0 unspecified atom stereocenters. The van der Waals surface area contributed by atoms with E-state index in [2.05, 4.69) is 25.4 Å². The second kappa shape index (κ2) is 6.75. The number of urea groups is 1. The average Bonchev–Trinajstić information content (AvgIpc) is 3.08. The molecule has 1 aliphatic rings. The van der Waals surface area contributed by atoms with Gasteiger partial charge in [0.15, 0.2) is 17.3 Å². The van der Waals surface area contributed by atoms with E-state index in [0.717, 1.165) is 5.56 Å². The summed E-state index contributed by atoms with van der Waals surface area (Å²) in [5.41, 5.74) is 1.61. The minimum absolute atomic E-state index is 0.0995. The number of pyridine rings is 1. The number of carbonyl (C=O) groups is 1. The first-order chi connectivity index (χ1) is 13.0. The van der Waals surface area contributed by atoms with Crippen molar-refractivity contribution in [2.75, 3.05) is 5.32 Å². The Bertz CT molecular complexity index is 991. The zero-order chi connectivity index (χ0) is 19.0. The lowest BCUT2D eigenvalue weighted by Gasteiger charge is -2.32. The number of halogens is 1. The van der Waals surface area contributed by atoms with Gasteiger partial charge in [-0.05, 0) is 26.0 Å². The third kappa shape index (κ3) is 3.12. The monoisotopic (exact) mass is 368 g/mol.